The summed E-state index contributed by atoms with van der Waals surface area (Å²) in [4.78, 5) is 22.6. The third kappa shape index (κ3) is 4.51. The molecule has 0 aliphatic carbocycles. The lowest BCUT2D eigenvalue weighted by Crippen LogP contribution is -2.24. The van der Waals surface area contributed by atoms with Crippen LogP contribution in [0.1, 0.15) is 24.2 Å². The van der Waals surface area contributed by atoms with Crippen molar-refractivity contribution >= 4 is 17.5 Å². The summed E-state index contributed by atoms with van der Waals surface area (Å²) in [6, 6.07) is 6.78. The summed E-state index contributed by atoms with van der Waals surface area (Å²) in [6.07, 6.45) is 0. The summed E-state index contributed by atoms with van der Waals surface area (Å²) in [5.74, 6) is -0.343. The zero-order valence-corrected chi connectivity index (χ0v) is 10.0. The fraction of sp³-hybridized carbons (Fsp3) is 0.231. The molecule has 0 atom stereocenters. The molecular formula is C13H16N2O2. The summed E-state index contributed by atoms with van der Waals surface area (Å²) in [5.41, 5.74) is 2.01. The second kappa shape index (κ2) is 5.84. The van der Waals surface area contributed by atoms with Crippen molar-refractivity contribution in [2.45, 2.75) is 13.8 Å². The first-order chi connectivity index (χ1) is 7.99. The molecule has 0 aromatic heterocycles. The molecule has 17 heavy (non-hydrogen) atoms. The largest absolute Gasteiger partial charge is 0.348 e. The molecule has 1 aromatic rings. The molecule has 2 amide bonds. The number of nitrogens with one attached hydrogen (secondary N) is 2. The molecule has 0 bridgehead atoms. The van der Waals surface area contributed by atoms with E-state index in [2.05, 4.69) is 17.2 Å². The number of benzene rings is 1. The van der Waals surface area contributed by atoms with Crippen molar-refractivity contribution in [3.8, 4) is 0 Å². The van der Waals surface area contributed by atoms with Gasteiger partial charge in [-0.2, -0.15) is 0 Å². The quantitative estimate of drug-likeness (QED) is 0.779. The highest BCUT2D eigenvalue weighted by Crippen LogP contribution is 2.10. The van der Waals surface area contributed by atoms with Crippen molar-refractivity contribution in [2.75, 3.05) is 11.9 Å². The first-order valence-corrected chi connectivity index (χ1v) is 5.29. The Morgan fingerprint density at radius 1 is 1.29 bits per heavy atom. The summed E-state index contributed by atoms with van der Waals surface area (Å²) in [6.45, 7) is 7.42. The number of carbonyl (C=O) groups is 2. The van der Waals surface area contributed by atoms with Gasteiger partial charge in [-0.3, -0.25) is 9.59 Å². The Kier molecular flexibility index (Phi) is 4.46. The first-order valence-electron chi connectivity index (χ1n) is 5.29. The Labute approximate surface area is 101 Å². The van der Waals surface area contributed by atoms with Crippen molar-refractivity contribution in [3.05, 3.63) is 42.0 Å². The molecule has 0 aliphatic rings. The van der Waals surface area contributed by atoms with Crippen molar-refractivity contribution in [3.63, 3.8) is 0 Å². The fourth-order valence-electron chi connectivity index (χ4n) is 1.27. The van der Waals surface area contributed by atoms with Crippen LogP contribution >= 0.6 is 0 Å². The predicted octanol–water partition coefficient (Wildman–Crippen LogP) is 1.95. The average molecular weight is 232 g/mol. The molecule has 90 valence electrons. The predicted molar refractivity (Wildman–Crippen MR) is 67.9 cm³/mol. The van der Waals surface area contributed by atoms with E-state index in [1.807, 2.05) is 6.92 Å². The van der Waals surface area contributed by atoms with E-state index >= 15 is 0 Å². The maximum Gasteiger partial charge on any atom is 0.251 e. The number of rotatable bonds is 4. The van der Waals surface area contributed by atoms with Crippen LogP contribution in [0.4, 0.5) is 5.69 Å². The first kappa shape index (κ1) is 13.0. The second-order valence-corrected chi connectivity index (χ2v) is 3.90. The summed E-state index contributed by atoms with van der Waals surface area (Å²) in [7, 11) is 0. The minimum absolute atomic E-state index is 0.163. The maximum absolute atomic E-state index is 11.7. The normalized spacial score (nSPS) is 9.53. The minimum atomic E-state index is -0.180. The van der Waals surface area contributed by atoms with E-state index in [0.717, 1.165) is 5.57 Å². The number of hydrogen-bond donors (Lipinski definition) is 2. The Morgan fingerprint density at radius 2 is 2.00 bits per heavy atom. The van der Waals surface area contributed by atoms with Crippen LogP contribution in [0.25, 0.3) is 0 Å². The van der Waals surface area contributed by atoms with Gasteiger partial charge in [0.25, 0.3) is 5.91 Å². The molecule has 1 aromatic carbocycles. The summed E-state index contributed by atoms with van der Waals surface area (Å²) in [5, 5.41) is 5.36. The van der Waals surface area contributed by atoms with Gasteiger partial charge in [0, 0.05) is 24.7 Å². The lowest BCUT2D eigenvalue weighted by Gasteiger charge is -2.07. The van der Waals surface area contributed by atoms with Gasteiger partial charge in [0.15, 0.2) is 0 Å². The molecule has 1 rings (SSSR count). The molecule has 0 heterocycles. The van der Waals surface area contributed by atoms with Crippen molar-refractivity contribution in [2.24, 2.45) is 0 Å². The van der Waals surface area contributed by atoms with Crippen molar-refractivity contribution in [1.82, 2.24) is 5.32 Å². The Balaban J connectivity index is 2.73. The lowest BCUT2D eigenvalue weighted by molar-refractivity contribution is -0.114. The highest BCUT2D eigenvalue weighted by atomic mass is 16.2. The highest BCUT2D eigenvalue weighted by molar-refractivity contribution is 5.96. The molecule has 2 N–H and O–H groups in total. The maximum atomic E-state index is 11.7. The van der Waals surface area contributed by atoms with Crippen molar-refractivity contribution < 1.29 is 9.59 Å². The van der Waals surface area contributed by atoms with Gasteiger partial charge < -0.3 is 10.6 Å². The zero-order chi connectivity index (χ0) is 12.8. The van der Waals surface area contributed by atoms with E-state index in [0.29, 0.717) is 17.8 Å². The zero-order valence-electron chi connectivity index (χ0n) is 10.0. The second-order valence-electron chi connectivity index (χ2n) is 3.90. The van der Waals surface area contributed by atoms with E-state index in [4.69, 9.17) is 0 Å². The van der Waals surface area contributed by atoms with E-state index in [1.165, 1.54) is 6.92 Å². The van der Waals surface area contributed by atoms with Crippen LogP contribution in [0, 0.1) is 0 Å². The highest BCUT2D eigenvalue weighted by Gasteiger charge is 2.05. The monoisotopic (exact) mass is 232 g/mol. The van der Waals surface area contributed by atoms with Crippen LogP contribution in [0.15, 0.2) is 36.4 Å². The SMILES string of the molecule is C=C(C)CNC(=O)c1cccc(NC(C)=O)c1. The minimum Gasteiger partial charge on any atom is -0.348 e. The van der Waals surface area contributed by atoms with Crippen LogP contribution in [-0.4, -0.2) is 18.4 Å². The Morgan fingerprint density at radius 3 is 2.59 bits per heavy atom. The van der Waals surface area contributed by atoms with Crippen LogP contribution in [0.5, 0.6) is 0 Å². The topological polar surface area (TPSA) is 58.2 Å². The van der Waals surface area contributed by atoms with E-state index in [9.17, 15) is 9.59 Å². The summed E-state index contributed by atoms with van der Waals surface area (Å²) < 4.78 is 0. The smallest absolute Gasteiger partial charge is 0.251 e. The van der Waals surface area contributed by atoms with Gasteiger partial charge in [-0.1, -0.05) is 18.2 Å². The van der Waals surface area contributed by atoms with Crippen molar-refractivity contribution in [1.29, 1.82) is 0 Å². The molecule has 4 heteroatoms. The van der Waals surface area contributed by atoms with Gasteiger partial charge in [0.05, 0.1) is 0 Å². The molecule has 0 unspecified atom stereocenters. The van der Waals surface area contributed by atoms with Crippen LogP contribution < -0.4 is 10.6 Å². The molecular weight excluding hydrogens is 216 g/mol. The van der Waals surface area contributed by atoms with Crippen LogP contribution in [0.3, 0.4) is 0 Å². The molecule has 0 spiro atoms. The standard InChI is InChI=1S/C13H16N2O2/c1-9(2)8-14-13(17)11-5-4-6-12(7-11)15-10(3)16/h4-7H,1,8H2,2-3H3,(H,14,17)(H,15,16). The fourth-order valence-corrected chi connectivity index (χ4v) is 1.27. The van der Waals surface area contributed by atoms with Crippen LogP contribution in [-0.2, 0) is 4.79 Å². The lowest BCUT2D eigenvalue weighted by atomic mass is 10.2. The van der Waals surface area contributed by atoms with Crippen LogP contribution in [0.2, 0.25) is 0 Å². The van der Waals surface area contributed by atoms with Gasteiger partial charge in [-0.05, 0) is 25.1 Å². The number of hydrogen-bond acceptors (Lipinski definition) is 2. The number of carbonyl (C=O) groups excluding carboxylic acids is 2. The molecule has 0 saturated heterocycles. The molecule has 0 aliphatic heterocycles. The number of amides is 2. The Hall–Kier alpha value is -2.10. The Bertz CT molecular complexity index is 452. The van der Waals surface area contributed by atoms with Gasteiger partial charge in [-0.25, -0.2) is 0 Å². The van der Waals surface area contributed by atoms with Gasteiger partial charge in [-0.15, -0.1) is 0 Å². The summed E-state index contributed by atoms with van der Waals surface area (Å²) >= 11 is 0. The average Bonchev–Trinajstić information content (AvgIpc) is 2.25. The molecule has 0 radical (unpaired) electrons. The van der Waals surface area contributed by atoms with E-state index < -0.39 is 0 Å². The third-order valence-electron chi connectivity index (χ3n) is 2.00. The number of anilines is 1. The molecule has 4 nitrogen and oxygen atoms in total. The van der Waals surface area contributed by atoms with E-state index in [1.54, 1.807) is 24.3 Å². The third-order valence-corrected chi connectivity index (χ3v) is 2.00. The van der Waals surface area contributed by atoms with Gasteiger partial charge in [0.1, 0.15) is 0 Å². The molecule has 0 fully saturated rings. The van der Waals surface area contributed by atoms with Gasteiger partial charge in [0.2, 0.25) is 5.91 Å². The van der Waals surface area contributed by atoms with Gasteiger partial charge >= 0.3 is 0 Å². The molecule has 0 saturated carbocycles. The van der Waals surface area contributed by atoms with E-state index in [-0.39, 0.29) is 11.8 Å².